The molecule has 2 rings (SSSR count). The second-order valence-electron chi connectivity index (χ2n) is 4.51. The van der Waals surface area contributed by atoms with E-state index in [1.165, 1.54) is 16.9 Å². The van der Waals surface area contributed by atoms with E-state index in [4.69, 9.17) is 5.73 Å². The normalized spacial score (nSPS) is 10.8. The second kappa shape index (κ2) is 5.40. The summed E-state index contributed by atoms with van der Waals surface area (Å²) >= 11 is 1.33. The van der Waals surface area contributed by atoms with Crippen molar-refractivity contribution in [2.24, 2.45) is 0 Å². The van der Waals surface area contributed by atoms with Crippen molar-refractivity contribution < 1.29 is 0 Å². The van der Waals surface area contributed by atoms with E-state index in [0.29, 0.717) is 0 Å². The number of anilines is 1. The molecule has 0 unspecified atom stereocenters. The van der Waals surface area contributed by atoms with Crippen molar-refractivity contribution in [3.8, 4) is 0 Å². The Kier molecular flexibility index (Phi) is 3.87. The van der Waals surface area contributed by atoms with Gasteiger partial charge in [0.1, 0.15) is 0 Å². The lowest BCUT2D eigenvalue weighted by Crippen LogP contribution is -2.15. The molecule has 0 aliphatic carbocycles. The molecule has 4 heteroatoms. The van der Waals surface area contributed by atoms with Crippen LogP contribution >= 0.6 is 11.3 Å². The Hall–Kier alpha value is -1.55. The maximum Gasteiger partial charge on any atom is 0.307 e. The maximum atomic E-state index is 11.7. The molecular weight excluding hydrogens is 244 g/mol. The molecule has 96 valence electrons. The third-order valence-electron chi connectivity index (χ3n) is 3.17. The van der Waals surface area contributed by atoms with E-state index in [1.54, 1.807) is 0 Å². The van der Waals surface area contributed by atoms with Gasteiger partial charge in [0.05, 0.1) is 0 Å². The van der Waals surface area contributed by atoms with E-state index in [2.05, 4.69) is 6.07 Å². The van der Waals surface area contributed by atoms with Gasteiger partial charge in [-0.3, -0.25) is 4.79 Å². The van der Waals surface area contributed by atoms with Crippen LogP contribution in [0.25, 0.3) is 0 Å². The third kappa shape index (κ3) is 2.82. The lowest BCUT2D eigenvalue weighted by atomic mass is 10.1. The summed E-state index contributed by atoms with van der Waals surface area (Å²) in [7, 11) is 0. The average Bonchev–Trinajstić information content (AvgIpc) is 2.56. The zero-order valence-electron chi connectivity index (χ0n) is 10.8. The molecule has 3 nitrogen and oxygen atoms in total. The standard InChI is InChI=1S/C14H18N2OS/c1-10-11(2)18-14(17)16(10)8-4-6-12-5-3-7-13(15)9-12/h3,5,7,9H,4,6,8,15H2,1-2H3. The van der Waals surface area contributed by atoms with Crippen LogP contribution in [0.5, 0.6) is 0 Å². The maximum absolute atomic E-state index is 11.7. The molecule has 0 fully saturated rings. The van der Waals surface area contributed by atoms with Gasteiger partial charge in [-0.25, -0.2) is 0 Å². The summed E-state index contributed by atoms with van der Waals surface area (Å²) in [6.45, 7) is 4.79. The predicted octanol–water partition coefficient (Wildman–Crippen LogP) is 2.74. The molecule has 1 aromatic carbocycles. The number of thiazole rings is 1. The largest absolute Gasteiger partial charge is 0.399 e. The number of nitrogens with zero attached hydrogens (tertiary/aromatic N) is 1. The first-order valence-electron chi connectivity index (χ1n) is 6.09. The number of nitrogen functional groups attached to an aromatic ring is 1. The minimum absolute atomic E-state index is 0.151. The van der Waals surface area contributed by atoms with E-state index in [1.807, 2.05) is 36.6 Å². The molecule has 0 aliphatic heterocycles. The number of aromatic nitrogens is 1. The summed E-state index contributed by atoms with van der Waals surface area (Å²) in [4.78, 5) is 13.0. The number of benzene rings is 1. The van der Waals surface area contributed by atoms with E-state index in [9.17, 15) is 4.79 Å². The zero-order chi connectivity index (χ0) is 13.1. The number of hydrogen-bond donors (Lipinski definition) is 1. The fourth-order valence-corrected chi connectivity index (χ4v) is 2.89. The summed E-state index contributed by atoms with van der Waals surface area (Å²) in [5, 5.41) is 0. The number of nitrogens with two attached hydrogens (primary N) is 1. The van der Waals surface area contributed by atoms with Gasteiger partial charge in [0.2, 0.25) is 0 Å². The van der Waals surface area contributed by atoms with Gasteiger partial charge in [-0.2, -0.15) is 0 Å². The summed E-state index contributed by atoms with van der Waals surface area (Å²) < 4.78 is 1.87. The average molecular weight is 262 g/mol. The lowest BCUT2D eigenvalue weighted by Gasteiger charge is -2.05. The monoisotopic (exact) mass is 262 g/mol. The third-order valence-corrected chi connectivity index (χ3v) is 4.17. The van der Waals surface area contributed by atoms with Crippen molar-refractivity contribution in [1.29, 1.82) is 0 Å². The molecule has 0 atom stereocenters. The first-order chi connectivity index (χ1) is 8.58. The molecule has 0 saturated heterocycles. The Morgan fingerprint density at radius 1 is 1.33 bits per heavy atom. The van der Waals surface area contributed by atoms with Crippen molar-refractivity contribution in [2.75, 3.05) is 5.73 Å². The smallest absolute Gasteiger partial charge is 0.307 e. The van der Waals surface area contributed by atoms with Crippen molar-refractivity contribution in [3.05, 3.63) is 50.1 Å². The van der Waals surface area contributed by atoms with Crippen LogP contribution < -0.4 is 10.6 Å². The highest BCUT2D eigenvalue weighted by atomic mass is 32.1. The lowest BCUT2D eigenvalue weighted by molar-refractivity contribution is 0.619. The Bertz CT molecular complexity index is 598. The molecule has 18 heavy (non-hydrogen) atoms. The van der Waals surface area contributed by atoms with Crippen LogP contribution in [0, 0.1) is 13.8 Å². The summed E-state index contributed by atoms with van der Waals surface area (Å²) in [5.41, 5.74) is 8.86. The minimum Gasteiger partial charge on any atom is -0.399 e. The van der Waals surface area contributed by atoms with Gasteiger partial charge >= 0.3 is 4.87 Å². The number of rotatable bonds is 4. The first kappa shape index (κ1) is 12.9. The molecule has 0 spiro atoms. The van der Waals surface area contributed by atoms with Crippen molar-refractivity contribution in [2.45, 2.75) is 33.2 Å². The number of hydrogen-bond acceptors (Lipinski definition) is 3. The summed E-state index contributed by atoms with van der Waals surface area (Å²) in [5.74, 6) is 0. The number of aryl methyl sites for hydroxylation is 2. The van der Waals surface area contributed by atoms with Gasteiger partial charge in [0, 0.05) is 22.8 Å². The van der Waals surface area contributed by atoms with Crippen molar-refractivity contribution in [3.63, 3.8) is 0 Å². The minimum atomic E-state index is 0.151. The quantitative estimate of drug-likeness (QED) is 0.861. The van der Waals surface area contributed by atoms with Crippen LogP contribution in [0.15, 0.2) is 29.1 Å². The Balaban J connectivity index is 1.99. The van der Waals surface area contributed by atoms with Crippen molar-refractivity contribution in [1.82, 2.24) is 4.57 Å². The molecule has 1 aromatic heterocycles. The fourth-order valence-electron chi connectivity index (χ4n) is 2.04. The van der Waals surface area contributed by atoms with Gasteiger partial charge in [-0.15, -0.1) is 0 Å². The van der Waals surface area contributed by atoms with Gasteiger partial charge in [-0.05, 0) is 44.4 Å². The summed E-state index contributed by atoms with van der Waals surface area (Å²) in [6, 6.07) is 7.93. The molecule has 1 heterocycles. The van der Waals surface area contributed by atoms with Crippen LogP contribution in [-0.2, 0) is 13.0 Å². The van der Waals surface area contributed by atoms with E-state index in [0.717, 1.165) is 35.6 Å². The van der Waals surface area contributed by atoms with E-state index >= 15 is 0 Å². The molecular formula is C14H18N2OS. The van der Waals surface area contributed by atoms with Gasteiger partial charge in [0.25, 0.3) is 0 Å². The topological polar surface area (TPSA) is 48.0 Å². The highest BCUT2D eigenvalue weighted by Crippen LogP contribution is 2.12. The SMILES string of the molecule is Cc1sc(=O)n(CCCc2cccc(N)c2)c1C. The highest BCUT2D eigenvalue weighted by Gasteiger charge is 2.06. The van der Waals surface area contributed by atoms with Crippen LogP contribution in [0.2, 0.25) is 0 Å². The van der Waals surface area contributed by atoms with E-state index < -0.39 is 0 Å². The molecule has 0 radical (unpaired) electrons. The summed E-state index contributed by atoms with van der Waals surface area (Å²) in [6.07, 6.45) is 1.91. The Labute approximate surface area is 111 Å². The van der Waals surface area contributed by atoms with Gasteiger partial charge in [0.15, 0.2) is 0 Å². The fraction of sp³-hybridized carbons (Fsp3) is 0.357. The van der Waals surface area contributed by atoms with Crippen LogP contribution in [0.1, 0.15) is 22.6 Å². The highest BCUT2D eigenvalue weighted by molar-refractivity contribution is 7.09. The second-order valence-corrected chi connectivity index (χ2v) is 5.68. The molecule has 0 aliphatic rings. The van der Waals surface area contributed by atoms with Gasteiger partial charge in [-0.1, -0.05) is 23.5 Å². The first-order valence-corrected chi connectivity index (χ1v) is 6.91. The molecule has 0 amide bonds. The van der Waals surface area contributed by atoms with Crippen LogP contribution in [-0.4, -0.2) is 4.57 Å². The zero-order valence-corrected chi connectivity index (χ0v) is 11.6. The van der Waals surface area contributed by atoms with Gasteiger partial charge < -0.3 is 10.3 Å². The predicted molar refractivity (Wildman–Crippen MR) is 77.2 cm³/mol. The van der Waals surface area contributed by atoms with Crippen LogP contribution in [0.4, 0.5) is 5.69 Å². The Morgan fingerprint density at radius 2 is 2.11 bits per heavy atom. The Morgan fingerprint density at radius 3 is 2.72 bits per heavy atom. The molecule has 2 aromatic rings. The van der Waals surface area contributed by atoms with Crippen LogP contribution in [0.3, 0.4) is 0 Å². The molecule has 0 saturated carbocycles. The molecule has 0 bridgehead atoms. The molecule has 2 N–H and O–H groups in total. The van der Waals surface area contributed by atoms with Crippen molar-refractivity contribution >= 4 is 17.0 Å². The van der Waals surface area contributed by atoms with E-state index in [-0.39, 0.29) is 4.87 Å².